The van der Waals surface area contributed by atoms with Gasteiger partial charge in [0, 0.05) is 6.26 Å². The van der Waals surface area contributed by atoms with Gasteiger partial charge in [0.05, 0.1) is 16.3 Å². The Hall–Kier alpha value is -1.78. The lowest BCUT2D eigenvalue weighted by molar-refractivity contribution is 0.578. The quantitative estimate of drug-likeness (QED) is 0.780. The number of aromatic amines is 1. The Morgan fingerprint density at radius 2 is 1.70 bits per heavy atom. The Kier molecular flexibility index (Phi) is 3.88. The number of hydrogen-bond acceptors (Lipinski definition) is 6. The Balaban J connectivity index is 2.17. The second-order valence-electron chi connectivity index (χ2n) is 4.00. The molecule has 0 saturated heterocycles. The van der Waals surface area contributed by atoms with Crippen LogP contribution in [-0.4, -0.2) is 38.3 Å². The highest BCUT2D eigenvalue weighted by molar-refractivity contribution is 7.90. The number of aromatic nitrogens is 3. The highest BCUT2D eigenvalue weighted by atomic mass is 32.2. The predicted molar refractivity (Wildman–Crippen MR) is 70.0 cm³/mol. The number of hydrogen-bond donors (Lipinski definition) is 2. The van der Waals surface area contributed by atoms with E-state index >= 15 is 0 Å². The average Bonchev–Trinajstić information content (AvgIpc) is 2.89. The van der Waals surface area contributed by atoms with E-state index in [9.17, 15) is 16.8 Å². The summed E-state index contributed by atoms with van der Waals surface area (Å²) in [5, 5.41) is 6.12. The van der Waals surface area contributed by atoms with Gasteiger partial charge in [-0.15, -0.1) is 0 Å². The van der Waals surface area contributed by atoms with E-state index in [-0.39, 0.29) is 16.3 Å². The fourth-order valence-corrected chi connectivity index (χ4v) is 3.05. The summed E-state index contributed by atoms with van der Waals surface area (Å²) < 4.78 is 48.8. The van der Waals surface area contributed by atoms with Gasteiger partial charge in [0.15, 0.2) is 9.84 Å². The summed E-state index contributed by atoms with van der Waals surface area (Å²) in [7, 11) is -7.08. The molecule has 0 aliphatic rings. The third kappa shape index (κ3) is 3.40. The van der Waals surface area contributed by atoms with Crippen molar-refractivity contribution >= 4 is 19.9 Å². The van der Waals surface area contributed by atoms with Gasteiger partial charge < -0.3 is 0 Å². The number of benzene rings is 1. The molecule has 0 bridgehead atoms. The fraction of sp³-hybridized carbons (Fsp3) is 0.200. The minimum atomic E-state index is -3.73. The van der Waals surface area contributed by atoms with E-state index in [0.717, 1.165) is 6.26 Å². The summed E-state index contributed by atoms with van der Waals surface area (Å²) >= 11 is 0. The van der Waals surface area contributed by atoms with Crippen LogP contribution >= 0.6 is 0 Å². The molecule has 1 aromatic heterocycles. The van der Waals surface area contributed by atoms with Crippen molar-refractivity contribution in [1.29, 1.82) is 0 Å². The van der Waals surface area contributed by atoms with Gasteiger partial charge in [-0.05, 0) is 24.3 Å². The number of nitrogens with zero attached hydrogens (tertiary/aromatic N) is 2. The first-order valence-electron chi connectivity index (χ1n) is 5.43. The molecule has 108 valence electrons. The first-order valence-corrected chi connectivity index (χ1v) is 8.80. The van der Waals surface area contributed by atoms with Crippen molar-refractivity contribution in [2.24, 2.45) is 0 Å². The summed E-state index contributed by atoms with van der Waals surface area (Å²) in [5.74, 6) is 0.376. The van der Waals surface area contributed by atoms with Crippen LogP contribution in [0, 0.1) is 0 Å². The normalized spacial score (nSPS) is 12.4. The molecule has 1 heterocycles. The third-order valence-corrected chi connectivity index (χ3v) is 5.00. The van der Waals surface area contributed by atoms with Crippen molar-refractivity contribution in [3.63, 3.8) is 0 Å². The smallest absolute Gasteiger partial charge is 0.240 e. The molecule has 0 amide bonds. The molecule has 20 heavy (non-hydrogen) atoms. The maximum Gasteiger partial charge on any atom is 0.240 e. The van der Waals surface area contributed by atoms with Crippen LogP contribution in [0.15, 0.2) is 40.4 Å². The van der Waals surface area contributed by atoms with Crippen LogP contribution in [0.2, 0.25) is 0 Å². The standard InChI is InChI=1S/C10H12N4O4S2/c1-19(15,16)8-2-4-9(5-3-8)20(17,18)13-6-10-11-7-12-14-10/h2-5,7,13H,6H2,1H3,(H,11,12,14). The Morgan fingerprint density at radius 1 is 1.10 bits per heavy atom. The number of H-pyrrole nitrogens is 1. The van der Waals surface area contributed by atoms with Crippen LogP contribution in [0.1, 0.15) is 5.82 Å². The number of rotatable bonds is 5. The predicted octanol–water partition coefficient (Wildman–Crippen LogP) is -0.313. The van der Waals surface area contributed by atoms with Gasteiger partial charge in [-0.2, -0.15) is 5.10 Å². The van der Waals surface area contributed by atoms with Crippen LogP contribution in [0.3, 0.4) is 0 Å². The van der Waals surface area contributed by atoms with Gasteiger partial charge in [-0.1, -0.05) is 0 Å². The van der Waals surface area contributed by atoms with Crippen LogP contribution in [-0.2, 0) is 26.4 Å². The minimum Gasteiger partial charge on any atom is -0.262 e. The van der Waals surface area contributed by atoms with Crippen molar-refractivity contribution in [2.45, 2.75) is 16.3 Å². The molecule has 0 saturated carbocycles. The molecule has 2 N–H and O–H groups in total. The monoisotopic (exact) mass is 316 g/mol. The molecule has 10 heteroatoms. The average molecular weight is 316 g/mol. The summed E-state index contributed by atoms with van der Waals surface area (Å²) in [6, 6.07) is 4.97. The van der Waals surface area contributed by atoms with E-state index in [4.69, 9.17) is 0 Å². The Morgan fingerprint density at radius 3 is 2.20 bits per heavy atom. The molecule has 8 nitrogen and oxygen atoms in total. The molecule has 1 aromatic carbocycles. The molecular formula is C10H12N4O4S2. The topological polar surface area (TPSA) is 122 Å². The molecule has 0 radical (unpaired) electrons. The van der Waals surface area contributed by atoms with Crippen molar-refractivity contribution in [1.82, 2.24) is 19.9 Å². The van der Waals surface area contributed by atoms with Crippen LogP contribution < -0.4 is 4.72 Å². The van der Waals surface area contributed by atoms with E-state index < -0.39 is 19.9 Å². The zero-order valence-corrected chi connectivity index (χ0v) is 12.1. The first-order chi connectivity index (χ1) is 9.29. The van der Waals surface area contributed by atoms with E-state index in [1.54, 1.807) is 0 Å². The van der Waals surface area contributed by atoms with Gasteiger partial charge >= 0.3 is 0 Å². The van der Waals surface area contributed by atoms with E-state index in [2.05, 4.69) is 19.9 Å². The van der Waals surface area contributed by atoms with Gasteiger partial charge in [0.2, 0.25) is 10.0 Å². The van der Waals surface area contributed by atoms with E-state index in [1.165, 1.54) is 30.6 Å². The van der Waals surface area contributed by atoms with Crippen molar-refractivity contribution < 1.29 is 16.8 Å². The number of sulfone groups is 1. The lowest BCUT2D eigenvalue weighted by Crippen LogP contribution is -2.23. The second kappa shape index (κ2) is 5.31. The Bertz CT molecular complexity index is 780. The number of nitrogens with one attached hydrogen (secondary N) is 2. The molecule has 0 fully saturated rings. The van der Waals surface area contributed by atoms with Crippen LogP contribution in [0.25, 0.3) is 0 Å². The zero-order valence-electron chi connectivity index (χ0n) is 10.4. The van der Waals surface area contributed by atoms with Crippen molar-refractivity contribution in [2.75, 3.05) is 6.26 Å². The first kappa shape index (κ1) is 14.6. The largest absolute Gasteiger partial charge is 0.262 e. The zero-order chi connectivity index (χ0) is 14.8. The van der Waals surface area contributed by atoms with Crippen molar-refractivity contribution in [3.8, 4) is 0 Å². The van der Waals surface area contributed by atoms with E-state index in [1.807, 2.05) is 0 Å². The summed E-state index contributed by atoms with van der Waals surface area (Å²) in [6.45, 7) is -0.0316. The lowest BCUT2D eigenvalue weighted by atomic mass is 10.4. The molecule has 0 aliphatic carbocycles. The lowest BCUT2D eigenvalue weighted by Gasteiger charge is -2.06. The van der Waals surface area contributed by atoms with Crippen LogP contribution in [0.5, 0.6) is 0 Å². The molecule has 2 rings (SSSR count). The molecule has 0 unspecified atom stereocenters. The second-order valence-corrected chi connectivity index (χ2v) is 7.78. The van der Waals surface area contributed by atoms with Crippen molar-refractivity contribution in [3.05, 3.63) is 36.4 Å². The molecule has 0 spiro atoms. The van der Waals surface area contributed by atoms with Gasteiger partial charge in [0.1, 0.15) is 12.2 Å². The molecule has 0 aliphatic heterocycles. The summed E-state index contributed by atoms with van der Waals surface area (Å²) in [5.41, 5.74) is 0. The highest BCUT2D eigenvalue weighted by Crippen LogP contribution is 2.14. The molecular weight excluding hydrogens is 304 g/mol. The maximum absolute atomic E-state index is 12.0. The molecule has 0 atom stereocenters. The Labute approximate surface area is 116 Å². The molecule has 2 aromatic rings. The van der Waals surface area contributed by atoms with Crippen LogP contribution in [0.4, 0.5) is 0 Å². The minimum absolute atomic E-state index is 0.0237. The van der Waals surface area contributed by atoms with Gasteiger partial charge in [-0.3, -0.25) is 5.10 Å². The summed E-state index contributed by atoms with van der Waals surface area (Å²) in [6.07, 6.45) is 2.32. The van der Waals surface area contributed by atoms with E-state index in [0.29, 0.717) is 5.82 Å². The SMILES string of the molecule is CS(=O)(=O)c1ccc(S(=O)(=O)NCc2ncn[nH]2)cc1. The number of sulfonamides is 1. The highest BCUT2D eigenvalue weighted by Gasteiger charge is 2.15. The maximum atomic E-state index is 12.0. The van der Waals surface area contributed by atoms with Gasteiger partial charge in [-0.25, -0.2) is 26.5 Å². The fourth-order valence-electron chi connectivity index (χ4n) is 1.43. The summed E-state index contributed by atoms with van der Waals surface area (Å²) in [4.78, 5) is 3.82. The third-order valence-electron chi connectivity index (χ3n) is 2.46. The van der Waals surface area contributed by atoms with Gasteiger partial charge in [0.25, 0.3) is 0 Å².